The summed E-state index contributed by atoms with van der Waals surface area (Å²) in [6.45, 7) is 6.23. The summed E-state index contributed by atoms with van der Waals surface area (Å²) < 4.78 is 0.751. The van der Waals surface area contributed by atoms with Gasteiger partial charge in [-0.15, -0.1) is 0 Å². The molecule has 0 aromatic heterocycles. The predicted octanol–water partition coefficient (Wildman–Crippen LogP) is 2.46. The number of phenols is 1. The van der Waals surface area contributed by atoms with Crippen molar-refractivity contribution in [2.75, 3.05) is 26.2 Å². The molecule has 1 heterocycles. The van der Waals surface area contributed by atoms with Gasteiger partial charge in [0.1, 0.15) is 5.75 Å². The Hall–Kier alpha value is -0.820. The predicted molar refractivity (Wildman–Crippen MR) is 88.0 cm³/mol. The van der Waals surface area contributed by atoms with E-state index in [9.17, 15) is 9.90 Å². The average molecular weight is 388 g/mol. The number of carbonyl (C=O) groups excluding carboxylic acids is 1. The van der Waals surface area contributed by atoms with Gasteiger partial charge in [0.05, 0.1) is 3.57 Å². The fraction of sp³-hybridized carbons (Fsp3) is 0.533. The molecule has 2 rings (SSSR count). The van der Waals surface area contributed by atoms with E-state index in [2.05, 4.69) is 17.1 Å². The Bertz CT molecular complexity index is 473. The number of phenolic OH excluding ortho intramolecular Hbond substituents is 1. The lowest BCUT2D eigenvalue weighted by Crippen LogP contribution is -2.34. The van der Waals surface area contributed by atoms with Gasteiger partial charge in [0.25, 0.3) is 5.91 Å². The molecule has 4 nitrogen and oxygen atoms in total. The third-order valence-electron chi connectivity index (χ3n) is 3.59. The van der Waals surface area contributed by atoms with Gasteiger partial charge in [-0.25, -0.2) is 0 Å². The maximum atomic E-state index is 12.0. The van der Waals surface area contributed by atoms with E-state index in [4.69, 9.17) is 0 Å². The normalized spacial score (nSPS) is 17.1. The second-order valence-corrected chi connectivity index (χ2v) is 6.65. The minimum atomic E-state index is -0.120. The van der Waals surface area contributed by atoms with Crippen LogP contribution >= 0.6 is 22.6 Å². The topological polar surface area (TPSA) is 52.6 Å². The first-order chi connectivity index (χ1) is 9.56. The standard InChI is InChI=1S/C15H21IN2O2/c1-11(10-18-6-2-3-7-18)9-17-15(20)12-4-5-13(16)14(19)8-12/h4-5,8,11,19H,2-3,6-7,9-10H2,1H3,(H,17,20). The SMILES string of the molecule is CC(CNC(=O)c1ccc(I)c(O)c1)CN1CCCC1. The number of rotatable bonds is 5. The van der Waals surface area contributed by atoms with Gasteiger partial charge in [-0.3, -0.25) is 4.79 Å². The fourth-order valence-electron chi connectivity index (χ4n) is 2.49. The molecule has 1 aromatic carbocycles. The number of carbonyl (C=O) groups is 1. The number of benzene rings is 1. The Morgan fingerprint density at radius 2 is 2.15 bits per heavy atom. The first-order valence-electron chi connectivity index (χ1n) is 7.05. The highest BCUT2D eigenvalue weighted by Gasteiger charge is 2.15. The number of amides is 1. The van der Waals surface area contributed by atoms with Gasteiger partial charge in [0.15, 0.2) is 0 Å². The van der Waals surface area contributed by atoms with Crippen molar-refractivity contribution in [2.24, 2.45) is 5.92 Å². The van der Waals surface area contributed by atoms with Gasteiger partial charge in [-0.1, -0.05) is 6.92 Å². The average Bonchev–Trinajstić information content (AvgIpc) is 2.92. The number of nitrogens with zero attached hydrogens (tertiary/aromatic N) is 1. The van der Waals surface area contributed by atoms with E-state index in [1.807, 2.05) is 22.6 Å². The van der Waals surface area contributed by atoms with Crippen LogP contribution in [0.5, 0.6) is 5.75 Å². The molecule has 2 N–H and O–H groups in total. The summed E-state index contributed by atoms with van der Waals surface area (Å²) in [5, 5.41) is 12.6. The summed E-state index contributed by atoms with van der Waals surface area (Å²) in [6, 6.07) is 5.00. The van der Waals surface area contributed by atoms with Gasteiger partial charge in [-0.2, -0.15) is 0 Å². The van der Waals surface area contributed by atoms with Crippen LogP contribution in [0.2, 0.25) is 0 Å². The van der Waals surface area contributed by atoms with Crippen LogP contribution in [0.3, 0.4) is 0 Å². The molecule has 0 spiro atoms. The van der Waals surface area contributed by atoms with Crippen LogP contribution < -0.4 is 5.32 Å². The zero-order valence-electron chi connectivity index (χ0n) is 11.7. The maximum absolute atomic E-state index is 12.0. The van der Waals surface area contributed by atoms with Gasteiger partial charge in [0.2, 0.25) is 0 Å². The lowest BCUT2D eigenvalue weighted by Gasteiger charge is -2.20. The summed E-state index contributed by atoms with van der Waals surface area (Å²) in [5.74, 6) is 0.475. The number of nitrogens with one attached hydrogen (secondary N) is 1. The van der Waals surface area contributed by atoms with Gasteiger partial charge in [0, 0.05) is 18.7 Å². The zero-order valence-corrected chi connectivity index (χ0v) is 13.9. The molecule has 1 aliphatic heterocycles. The summed E-state index contributed by atoms with van der Waals surface area (Å²) >= 11 is 2.04. The Balaban J connectivity index is 1.80. The van der Waals surface area contributed by atoms with E-state index in [1.54, 1.807) is 12.1 Å². The van der Waals surface area contributed by atoms with Crippen molar-refractivity contribution in [1.29, 1.82) is 0 Å². The van der Waals surface area contributed by atoms with Gasteiger partial charge >= 0.3 is 0 Å². The van der Waals surface area contributed by atoms with Crippen molar-refractivity contribution in [2.45, 2.75) is 19.8 Å². The first kappa shape index (κ1) is 15.6. The molecule has 20 heavy (non-hydrogen) atoms. The summed E-state index contributed by atoms with van der Waals surface area (Å²) in [4.78, 5) is 14.5. The van der Waals surface area contributed by atoms with E-state index >= 15 is 0 Å². The van der Waals surface area contributed by atoms with Crippen LogP contribution in [0.25, 0.3) is 0 Å². The maximum Gasteiger partial charge on any atom is 0.251 e. The number of halogens is 1. The van der Waals surface area contributed by atoms with E-state index in [1.165, 1.54) is 32.0 Å². The minimum Gasteiger partial charge on any atom is -0.507 e. The molecule has 1 unspecified atom stereocenters. The molecule has 1 fully saturated rings. The quantitative estimate of drug-likeness (QED) is 0.763. The van der Waals surface area contributed by atoms with Crippen LogP contribution in [-0.4, -0.2) is 42.1 Å². The third-order valence-corrected chi connectivity index (χ3v) is 4.50. The number of likely N-dealkylation sites (tertiary alicyclic amines) is 1. The van der Waals surface area contributed by atoms with Crippen molar-refractivity contribution in [3.63, 3.8) is 0 Å². The Labute approximate surface area is 133 Å². The van der Waals surface area contributed by atoms with Crippen molar-refractivity contribution in [3.8, 4) is 5.75 Å². The van der Waals surface area contributed by atoms with E-state index in [0.29, 0.717) is 18.0 Å². The molecule has 5 heteroatoms. The van der Waals surface area contributed by atoms with Crippen LogP contribution in [0.1, 0.15) is 30.1 Å². The van der Waals surface area contributed by atoms with Crippen molar-refractivity contribution in [3.05, 3.63) is 27.3 Å². The minimum absolute atomic E-state index is 0.120. The number of hydrogen-bond donors (Lipinski definition) is 2. The Morgan fingerprint density at radius 3 is 2.80 bits per heavy atom. The Kier molecular flexibility index (Phi) is 5.65. The lowest BCUT2D eigenvalue weighted by molar-refractivity contribution is 0.0944. The molecule has 1 aromatic rings. The van der Waals surface area contributed by atoms with Crippen molar-refractivity contribution in [1.82, 2.24) is 10.2 Å². The number of aromatic hydroxyl groups is 1. The largest absolute Gasteiger partial charge is 0.507 e. The van der Waals surface area contributed by atoms with Gasteiger partial charge in [-0.05, 0) is 72.6 Å². The molecule has 110 valence electrons. The smallest absolute Gasteiger partial charge is 0.251 e. The van der Waals surface area contributed by atoms with Crippen LogP contribution in [0.15, 0.2) is 18.2 Å². The van der Waals surface area contributed by atoms with Gasteiger partial charge < -0.3 is 15.3 Å². The van der Waals surface area contributed by atoms with E-state index in [0.717, 1.165) is 10.1 Å². The molecule has 1 aliphatic rings. The molecule has 0 radical (unpaired) electrons. The highest BCUT2D eigenvalue weighted by atomic mass is 127. The van der Waals surface area contributed by atoms with Crippen LogP contribution in [0.4, 0.5) is 0 Å². The second kappa shape index (κ2) is 7.26. The number of hydrogen-bond acceptors (Lipinski definition) is 3. The molecule has 0 aliphatic carbocycles. The highest BCUT2D eigenvalue weighted by Crippen LogP contribution is 2.20. The summed E-state index contributed by atoms with van der Waals surface area (Å²) in [5.41, 5.74) is 0.510. The molecule has 0 bridgehead atoms. The van der Waals surface area contributed by atoms with Crippen molar-refractivity contribution < 1.29 is 9.90 Å². The van der Waals surface area contributed by atoms with Crippen molar-refractivity contribution >= 4 is 28.5 Å². The monoisotopic (exact) mass is 388 g/mol. The molecule has 1 saturated heterocycles. The van der Waals surface area contributed by atoms with Crippen LogP contribution in [0, 0.1) is 9.49 Å². The summed E-state index contributed by atoms with van der Waals surface area (Å²) in [6.07, 6.45) is 2.59. The fourth-order valence-corrected chi connectivity index (χ4v) is 2.83. The van der Waals surface area contributed by atoms with E-state index in [-0.39, 0.29) is 11.7 Å². The molecular weight excluding hydrogens is 367 g/mol. The molecule has 0 saturated carbocycles. The third kappa shape index (κ3) is 4.34. The molecule has 1 amide bonds. The second-order valence-electron chi connectivity index (χ2n) is 5.49. The Morgan fingerprint density at radius 1 is 1.45 bits per heavy atom. The zero-order chi connectivity index (χ0) is 14.5. The van der Waals surface area contributed by atoms with E-state index < -0.39 is 0 Å². The summed E-state index contributed by atoms with van der Waals surface area (Å²) in [7, 11) is 0. The van der Waals surface area contributed by atoms with Crippen LogP contribution in [-0.2, 0) is 0 Å². The molecular formula is C15H21IN2O2. The first-order valence-corrected chi connectivity index (χ1v) is 8.13. The highest BCUT2D eigenvalue weighted by molar-refractivity contribution is 14.1. The molecule has 1 atom stereocenters. The lowest BCUT2D eigenvalue weighted by atomic mass is 10.1.